The van der Waals surface area contributed by atoms with Gasteiger partial charge in [0.25, 0.3) is 0 Å². The Bertz CT molecular complexity index is 247. The first-order valence-electron chi connectivity index (χ1n) is 4.05. The molecule has 0 fully saturated rings. The fourth-order valence-corrected chi connectivity index (χ4v) is 1.27. The number of rotatable bonds is 3. The number of aryl methyl sites for hydroxylation is 1. The van der Waals surface area contributed by atoms with Crippen LogP contribution in [0.2, 0.25) is 0 Å². The smallest absolute Gasteiger partial charge is 0.0655 e. The van der Waals surface area contributed by atoms with Gasteiger partial charge in [-0.25, -0.2) is 0 Å². The van der Waals surface area contributed by atoms with Crippen molar-refractivity contribution in [3.05, 3.63) is 35.4 Å². The monoisotopic (exact) mass is 165 g/mol. The summed E-state index contributed by atoms with van der Waals surface area (Å²) in [4.78, 5) is 0. The van der Waals surface area contributed by atoms with Gasteiger partial charge in [0.05, 0.1) is 12.6 Å². The number of nitrogens with two attached hydrogens (primary N) is 1. The third-order valence-electron chi connectivity index (χ3n) is 1.93. The van der Waals surface area contributed by atoms with Crippen molar-refractivity contribution >= 4 is 0 Å². The average molecular weight is 165 g/mol. The Balaban J connectivity index is 2.79. The van der Waals surface area contributed by atoms with Crippen LogP contribution in [0.25, 0.3) is 0 Å². The van der Waals surface area contributed by atoms with E-state index in [0.717, 1.165) is 0 Å². The normalized spacial score (nSPS) is 12.9. The number of methoxy groups -OCH3 is 1. The Morgan fingerprint density at radius 2 is 2.08 bits per heavy atom. The molecule has 0 aliphatic carbocycles. The number of hydrogen-bond donors (Lipinski definition) is 1. The molecule has 1 unspecified atom stereocenters. The molecule has 1 aromatic rings. The second-order valence-electron chi connectivity index (χ2n) is 2.92. The summed E-state index contributed by atoms with van der Waals surface area (Å²) >= 11 is 0. The van der Waals surface area contributed by atoms with Crippen molar-refractivity contribution < 1.29 is 4.74 Å². The lowest BCUT2D eigenvalue weighted by Gasteiger charge is -2.12. The van der Waals surface area contributed by atoms with E-state index in [1.807, 2.05) is 18.2 Å². The van der Waals surface area contributed by atoms with Crippen LogP contribution in [0, 0.1) is 6.92 Å². The molecule has 1 atom stereocenters. The third kappa shape index (κ3) is 2.06. The maximum Gasteiger partial charge on any atom is 0.0655 e. The molecule has 0 heterocycles. The standard InChI is InChI=1S/C10H15NO/c1-8-5-3-4-6-9(8)10(11)7-12-2/h3-6,10H,7,11H2,1-2H3. The fourth-order valence-electron chi connectivity index (χ4n) is 1.27. The highest BCUT2D eigenvalue weighted by molar-refractivity contribution is 5.28. The summed E-state index contributed by atoms with van der Waals surface area (Å²) in [6, 6.07) is 8.11. The van der Waals surface area contributed by atoms with Gasteiger partial charge in [-0.3, -0.25) is 0 Å². The maximum absolute atomic E-state index is 5.88. The van der Waals surface area contributed by atoms with Crippen molar-refractivity contribution in [2.24, 2.45) is 5.73 Å². The van der Waals surface area contributed by atoms with Crippen LogP contribution in [-0.2, 0) is 4.74 Å². The van der Waals surface area contributed by atoms with Crippen LogP contribution in [-0.4, -0.2) is 13.7 Å². The van der Waals surface area contributed by atoms with Gasteiger partial charge >= 0.3 is 0 Å². The molecular weight excluding hydrogens is 150 g/mol. The first-order valence-corrected chi connectivity index (χ1v) is 4.05. The zero-order valence-corrected chi connectivity index (χ0v) is 7.58. The predicted octanol–water partition coefficient (Wildman–Crippen LogP) is 1.64. The van der Waals surface area contributed by atoms with Gasteiger partial charge in [-0.1, -0.05) is 24.3 Å². The highest BCUT2D eigenvalue weighted by Gasteiger charge is 2.06. The Morgan fingerprint density at radius 1 is 1.42 bits per heavy atom. The molecule has 0 spiro atoms. The van der Waals surface area contributed by atoms with E-state index in [9.17, 15) is 0 Å². The van der Waals surface area contributed by atoms with Gasteiger partial charge in [0.2, 0.25) is 0 Å². The molecule has 0 amide bonds. The van der Waals surface area contributed by atoms with Crippen molar-refractivity contribution in [1.29, 1.82) is 0 Å². The Labute approximate surface area is 73.3 Å². The molecule has 0 saturated carbocycles. The largest absolute Gasteiger partial charge is 0.383 e. The van der Waals surface area contributed by atoms with Crippen LogP contribution >= 0.6 is 0 Å². The molecule has 2 nitrogen and oxygen atoms in total. The summed E-state index contributed by atoms with van der Waals surface area (Å²) in [5.74, 6) is 0. The number of hydrogen-bond acceptors (Lipinski definition) is 2. The molecule has 0 bridgehead atoms. The van der Waals surface area contributed by atoms with Crippen LogP contribution in [0.5, 0.6) is 0 Å². The minimum atomic E-state index is -0.00352. The zero-order valence-electron chi connectivity index (χ0n) is 7.58. The maximum atomic E-state index is 5.88. The Morgan fingerprint density at radius 3 is 2.67 bits per heavy atom. The molecular formula is C10H15NO. The van der Waals surface area contributed by atoms with E-state index < -0.39 is 0 Å². The van der Waals surface area contributed by atoms with E-state index in [0.29, 0.717) is 6.61 Å². The highest BCUT2D eigenvalue weighted by Crippen LogP contribution is 2.14. The molecule has 0 saturated heterocycles. The molecule has 1 rings (SSSR count). The zero-order chi connectivity index (χ0) is 8.97. The summed E-state index contributed by atoms with van der Waals surface area (Å²) < 4.78 is 4.99. The molecule has 0 aliphatic heterocycles. The van der Waals surface area contributed by atoms with Gasteiger partial charge in [0, 0.05) is 7.11 Å². The summed E-state index contributed by atoms with van der Waals surface area (Å²) in [5, 5.41) is 0. The van der Waals surface area contributed by atoms with Crippen molar-refractivity contribution in [2.45, 2.75) is 13.0 Å². The van der Waals surface area contributed by atoms with E-state index in [2.05, 4.69) is 13.0 Å². The van der Waals surface area contributed by atoms with Gasteiger partial charge in [-0.2, -0.15) is 0 Å². The van der Waals surface area contributed by atoms with Crippen LogP contribution in [0.4, 0.5) is 0 Å². The Hall–Kier alpha value is -0.860. The molecule has 2 heteroatoms. The first-order chi connectivity index (χ1) is 5.75. The Kier molecular flexibility index (Phi) is 3.26. The lowest BCUT2D eigenvalue weighted by Crippen LogP contribution is -2.16. The molecule has 0 aliphatic rings. The third-order valence-corrected chi connectivity index (χ3v) is 1.93. The summed E-state index contributed by atoms with van der Waals surface area (Å²) in [5.41, 5.74) is 8.27. The summed E-state index contributed by atoms with van der Waals surface area (Å²) in [7, 11) is 1.66. The van der Waals surface area contributed by atoms with E-state index >= 15 is 0 Å². The average Bonchev–Trinajstić information content (AvgIpc) is 2.05. The van der Waals surface area contributed by atoms with Gasteiger partial charge < -0.3 is 10.5 Å². The molecule has 1 aromatic carbocycles. The minimum absolute atomic E-state index is 0.00352. The molecule has 0 aromatic heterocycles. The highest BCUT2D eigenvalue weighted by atomic mass is 16.5. The molecule has 66 valence electrons. The van der Waals surface area contributed by atoms with Gasteiger partial charge in [0.1, 0.15) is 0 Å². The lowest BCUT2D eigenvalue weighted by atomic mass is 10.0. The summed E-state index contributed by atoms with van der Waals surface area (Å²) in [6.07, 6.45) is 0. The SMILES string of the molecule is COCC(N)c1ccccc1C. The summed E-state index contributed by atoms with van der Waals surface area (Å²) in [6.45, 7) is 2.63. The van der Waals surface area contributed by atoms with Crippen LogP contribution < -0.4 is 5.73 Å². The van der Waals surface area contributed by atoms with E-state index in [1.54, 1.807) is 7.11 Å². The van der Waals surface area contributed by atoms with Crippen LogP contribution in [0.1, 0.15) is 17.2 Å². The second-order valence-corrected chi connectivity index (χ2v) is 2.92. The fraction of sp³-hybridized carbons (Fsp3) is 0.400. The lowest BCUT2D eigenvalue weighted by molar-refractivity contribution is 0.180. The van der Waals surface area contributed by atoms with Crippen LogP contribution in [0.3, 0.4) is 0 Å². The van der Waals surface area contributed by atoms with Crippen molar-refractivity contribution in [1.82, 2.24) is 0 Å². The molecule has 0 radical (unpaired) electrons. The van der Waals surface area contributed by atoms with Gasteiger partial charge in [-0.15, -0.1) is 0 Å². The van der Waals surface area contributed by atoms with Gasteiger partial charge in [0.15, 0.2) is 0 Å². The van der Waals surface area contributed by atoms with Crippen molar-refractivity contribution in [3.8, 4) is 0 Å². The van der Waals surface area contributed by atoms with E-state index in [4.69, 9.17) is 10.5 Å². The van der Waals surface area contributed by atoms with Crippen molar-refractivity contribution in [3.63, 3.8) is 0 Å². The first kappa shape index (κ1) is 9.23. The van der Waals surface area contributed by atoms with Crippen LogP contribution in [0.15, 0.2) is 24.3 Å². The van der Waals surface area contributed by atoms with Crippen molar-refractivity contribution in [2.75, 3.05) is 13.7 Å². The van der Waals surface area contributed by atoms with E-state index in [1.165, 1.54) is 11.1 Å². The van der Waals surface area contributed by atoms with Gasteiger partial charge in [-0.05, 0) is 18.1 Å². The number of benzene rings is 1. The van der Waals surface area contributed by atoms with E-state index in [-0.39, 0.29) is 6.04 Å². The minimum Gasteiger partial charge on any atom is -0.383 e. The second kappa shape index (κ2) is 4.24. The molecule has 12 heavy (non-hydrogen) atoms. The quantitative estimate of drug-likeness (QED) is 0.739. The predicted molar refractivity (Wildman–Crippen MR) is 50.0 cm³/mol. The molecule has 2 N–H and O–H groups in total. The topological polar surface area (TPSA) is 35.2 Å². The number of ether oxygens (including phenoxy) is 1.